The average Bonchev–Trinajstić information content (AvgIpc) is 2.32. The molecule has 2 N–H and O–H groups in total. The van der Waals surface area contributed by atoms with E-state index in [0.717, 1.165) is 10.2 Å². The van der Waals surface area contributed by atoms with E-state index < -0.39 is 0 Å². The zero-order valence-electron chi connectivity index (χ0n) is 6.23. The highest BCUT2D eigenvalue weighted by Gasteiger charge is 2.13. The van der Waals surface area contributed by atoms with Gasteiger partial charge in [0.25, 0.3) is 5.91 Å². The Labute approximate surface area is 72.5 Å². The largest absolute Gasteiger partial charge is 0.354 e. The highest BCUT2D eigenvalue weighted by Crippen LogP contribution is 2.17. The molecule has 11 heavy (non-hydrogen) atoms. The maximum Gasteiger partial charge on any atom is 0.272 e. The van der Waals surface area contributed by atoms with Crippen LogP contribution < -0.4 is 5.32 Å². The zero-order chi connectivity index (χ0) is 8.43. The summed E-state index contributed by atoms with van der Waals surface area (Å²) in [6, 6.07) is 0. The van der Waals surface area contributed by atoms with E-state index in [1.54, 1.807) is 7.05 Å². The van der Waals surface area contributed by atoms with Crippen molar-refractivity contribution in [3.63, 3.8) is 0 Å². The highest BCUT2D eigenvalue weighted by atomic mass is 79.9. The van der Waals surface area contributed by atoms with Crippen LogP contribution >= 0.6 is 15.9 Å². The first kappa shape index (κ1) is 8.26. The van der Waals surface area contributed by atoms with Crippen molar-refractivity contribution < 1.29 is 4.79 Å². The summed E-state index contributed by atoms with van der Waals surface area (Å²) in [5, 5.41) is 8.98. The second-order valence-corrected chi connectivity index (χ2v) is 2.88. The van der Waals surface area contributed by atoms with Crippen LogP contribution in [0.15, 0.2) is 4.47 Å². The molecule has 1 aromatic heterocycles. The number of halogens is 1. The van der Waals surface area contributed by atoms with E-state index in [4.69, 9.17) is 0 Å². The lowest BCUT2D eigenvalue weighted by molar-refractivity contribution is 0.0957. The lowest BCUT2D eigenvalue weighted by atomic mass is 10.3. The second kappa shape index (κ2) is 3.04. The van der Waals surface area contributed by atoms with Crippen molar-refractivity contribution >= 4 is 21.8 Å². The molecule has 0 aromatic carbocycles. The highest BCUT2D eigenvalue weighted by molar-refractivity contribution is 9.10. The molecule has 0 spiro atoms. The number of nitrogens with one attached hydrogen (secondary N) is 2. The van der Waals surface area contributed by atoms with Crippen molar-refractivity contribution in [2.75, 3.05) is 7.05 Å². The Hall–Kier alpha value is -0.840. The van der Waals surface area contributed by atoms with Gasteiger partial charge in [0.05, 0.1) is 4.47 Å². The lowest BCUT2D eigenvalue weighted by Crippen LogP contribution is -2.18. The number of hydrogen-bond acceptors (Lipinski definition) is 2. The van der Waals surface area contributed by atoms with Gasteiger partial charge in [0, 0.05) is 12.7 Å². The van der Waals surface area contributed by atoms with E-state index in [-0.39, 0.29) is 5.91 Å². The molecule has 5 heteroatoms. The first-order chi connectivity index (χ1) is 5.16. The van der Waals surface area contributed by atoms with Crippen molar-refractivity contribution in [3.05, 3.63) is 15.9 Å². The van der Waals surface area contributed by atoms with Gasteiger partial charge in [-0.05, 0) is 22.9 Å². The molecular weight excluding hydrogens is 210 g/mol. The van der Waals surface area contributed by atoms with Gasteiger partial charge in [-0.2, -0.15) is 5.10 Å². The van der Waals surface area contributed by atoms with Gasteiger partial charge < -0.3 is 5.32 Å². The average molecular weight is 218 g/mol. The van der Waals surface area contributed by atoms with Gasteiger partial charge in [0.2, 0.25) is 0 Å². The molecule has 0 radical (unpaired) electrons. The number of aromatic amines is 1. The molecule has 60 valence electrons. The standard InChI is InChI=1S/C6H8BrN3O/c1-3-4(7)5(10-9-3)6(11)8-2/h1-2H3,(H,8,11)(H,9,10). The fraction of sp³-hybridized carbons (Fsp3) is 0.333. The Morgan fingerprint density at radius 1 is 1.73 bits per heavy atom. The topological polar surface area (TPSA) is 57.8 Å². The minimum atomic E-state index is -0.193. The van der Waals surface area contributed by atoms with Crippen molar-refractivity contribution in [2.45, 2.75) is 6.92 Å². The van der Waals surface area contributed by atoms with E-state index in [1.807, 2.05) is 6.92 Å². The van der Waals surface area contributed by atoms with E-state index >= 15 is 0 Å². The predicted octanol–water partition coefficient (Wildman–Crippen LogP) is 0.840. The molecule has 0 unspecified atom stereocenters. The molecule has 0 fully saturated rings. The molecule has 1 heterocycles. The van der Waals surface area contributed by atoms with E-state index in [9.17, 15) is 4.79 Å². The summed E-state index contributed by atoms with van der Waals surface area (Å²) >= 11 is 3.24. The molecule has 0 bridgehead atoms. The SMILES string of the molecule is CNC(=O)c1n[nH]c(C)c1Br. The van der Waals surface area contributed by atoms with E-state index in [2.05, 4.69) is 31.4 Å². The summed E-state index contributed by atoms with van der Waals surface area (Å²) in [6.45, 7) is 1.84. The van der Waals surface area contributed by atoms with Gasteiger partial charge in [-0.25, -0.2) is 0 Å². The summed E-state index contributed by atoms with van der Waals surface area (Å²) in [7, 11) is 1.57. The number of rotatable bonds is 1. The maximum absolute atomic E-state index is 11.0. The number of H-pyrrole nitrogens is 1. The Balaban J connectivity index is 3.04. The number of carbonyl (C=O) groups excluding carboxylic acids is 1. The van der Waals surface area contributed by atoms with Crippen molar-refractivity contribution in [1.29, 1.82) is 0 Å². The monoisotopic (exact) mass is 217 g/mol. The number of aromatic nitrogens is 2. The summed E-state index contributed by atoms with van der Waals surface area (Å²) in [6.07, 6.45) is 0. The van der Waals surface area contributed by atoms with Gasteiger partial charge in [0.1, 0.15) is 0 Å². The third-order valence-corrected chi connectivity index (χ3v) is 2.29. The molecule has 1 rings (SSSR count). The Kier molecular flexibility index (Phi) is 2.28. The molecule has 0 aliphatic heterocycles. The summed E-state index contributed by atoms with van der Waals surface area (Å²) in [4.78, 5) is 11.0. The normalized spacial score (nSPS) is 9.73. The quantitative estimate of drug-likeness (QED) is 0.733. The van der Waals surface area contributed by atoms with Crippen molar-refractivity contribution in [2.24, 2.45) is 0 Å². The van der Waals surface area contributed by atoms with E-state index in [0.29, 0.717) is 5.69 Å². The minimum absolute atomic E-state index is 0.193. The predicted molar refractivity (Wildman–Crippen MR) is 44.4 cm³/mol. The van der Waals surface area contributed by atoms with Crippen molar-refractivity contribution in [1.82, 2.24) is 15.5 Å². The van der Waals surface area contributed by atoms with Gasteiger partial charge in [-0.15, -0.1) is 0 Å². The van der Waals surface area contributed by atoms with E-state index in [1.165, 1.54) is 0 Å². The molecule has 0 aliphatic carbocycles. The number of amides is 1. The maximum atomic E-state index is 11.0. The van der Waals surface area contributed by atoms with Gasteiger partial charge in [0.15, 0.2) is 5.69 Å². The van der Waals surface area contributed by atoms with Crippen LogP contribution in [0.5, 0.6) is 0 Å². The molecule has 0 saturated carbocycles. The van der Waals surface area contributed by atoms with Crippen LogP contribution in [0.3, 0.4) is 0 Å². The molecule has 1 amide bonds. The van der Waals surface area contributed by atoms with Crippen LogP contribution in [-0.2, 0) is 0 Å². The van der Waals surface area contributed by atoms with Gasteiger partial charge in [-0.1, -0.05) is 0 Å². The molecule has 4 nitrogen and oxygen atoms in total. The summed E-state index contributed by atoms with van der Waals surface area (Å²) in [5.74, 6) is -0.193. The third kappa shape index (κ3) is 1.42. The van der Waals surface area contributed by atoms with Crippen LogP contribution in [0.4, 0.5) is 0 Å². The fourth-order valence-corrected chi connectivity index (χ4v) is 1.04. The Bertz CT molecular complexity index is 281. The Morgan fingerprint density at radius 3 is 2.73 bits per heavy atom. The van der Waals surface area contributed by atoms with Crippen LogP contribution in [-0.4, -0.2) is 23.2 Å². The van der Waals surface area contributed by atoms with Crippen LogP contribution in [0.1, 0.15) is 16.2 Å². The summed E-state index contributed by atoms with van der Waals surface area (Å²) in [5.41, 5.74) is 1.24. The van der Waals surface area contributed by atoms with Crippen molar-refractivity contribution in [3.8, 4) is 0 Å². The molecule has 0 saturated heterocycles. The summed E-state index contributed by atoms with van der Waals surface area (Å²) < 4.78 is 0.719. The van der Waals surface area contributed by atoms with Crippen LogP contribution in [0.25, 0.3) is 0 Å². The molecule has 0 atom stereocenters. The first-order valence-electron chi connectivity index (χ1n) is 3.09. The second-order valence-electron chi connectivity index (χ2n) is 2.09. The van der Waals surface area contributed by atoms with Crippen LogP contribution in [0, 0.1) is 6.92 Å². The molecule has 0 aliphatic rings. The zero-order valence-corrected chi connectivity index (χ0v) is 7.82. The first-order valence-corrected chi connectivity index (χ1v) is 3.88. The third-order valence-electron chi connectivity index (χ3n) is 1.31. The van der Waals surface area contributed by atoms with Gasteiger partial charge in [-0.3, -0.25) is 9.89 Å². The Morgan fingerprint density at radius 2 is 2.36 bits per heavy atom. The molecular formula is C6H8BrN3O. The van der Waals surface area contributed by atoms with Gasteiger partial charge >= 0.3 is 0 Å². The number of carbonyl (C=O) groups is 1. The molecule has 1 aromatic rings. The fourth-order valence-electron chi connectivity index (χ4n) is 0.684. The minimum Gasteiger partial charge on any atom is -0.354 e. The lowest BCUT2D eigenvalue weighted by Gasteiger charge is -1.93. The van der Waals surface area contributed by atoms with Crippen LogP contribution in [0.2, 0.25) is 0 Å². The number of nitrogens with zero attached hydrogens (tertiary/aromatic N) is 1. The number of hydrogen-bond donors (Lipinski definition) is 2. The number of aryl methyl sites for hydroxylation is 1. The smallest absolute Gasteiger partial charge is 0.272 e.